The van der Waals surface area contributed by atoms with Crippen molar-refractivity contribution in [3.63, 3.8) is 0 Å². The van der Waals surface area contributed by atoms with Gasteiger partial charge in [-0.05, 0) is 80.6 Å². The van der Waals surface area contributed by atoms with Crippen molar-refractivity contribution in [1.29, 1.82) is 0 Å². The predicted octanol–water partition coefficient (Wildman–Crippen LogP) is 6.36. The van der Waals surface area contributed by atoms with E-state index in [9.17, 15) is 18.0 Å². The van der Waals surface area contributed by atoms with Gasteiger partial charge in [-0.1, -0.05) is 91.3 Å². The zero-order valence-corrected chi connectivity index (χ0v) is 27.6. The van der Waals surface area contributed by atoms with Crippen molar-refractivity contribution < 1.29 is 18.0 Å². The maximum absolute atomic E-state index is 14.6. The second-order valence-electron chi connectivity index (χ2n) is 11.6. The Labute approximate surface area is 268 Å². The van der Waals surface area contributed by atoms with Gasteiger partial charge >= 0.3 is 0 Å². The topological polar surface area (TPSA) is 86.8 Å². The lowest BCUT2D eigenvalue weighted by Crippen LogP contribution is -2.54. The Morgan fingerprint density at radius 3 is 2.00 bits per heavy atom. The van der Waals surface area contributed by atoms with E-state index in [4.69, 9.17) is 0 Å². The second kappa shape index (κ2) is 15.0. The molecule has 2 atom stereocenters. The molecular formula is C37H43N3O4S. The van der Waals surface area contributed by atoms with E-state index in [1.165, 1.54) is 17.0 Å². The average molecular weight is 626 g/mol. The fraction of sp³-hybridized carbons (Fsp3) is 0.297. The van der Waals surface area contributed by atoms with Crippen LogP contribution in [0.4, 0.5) is 5.69 Å². The summed E-state index contributed by atoms with van der Waals surface area (Å²) < 4.78 is 29.4. The Bertz CT molecular complexity index is 1690. The largest absolute Gasteiger partial charge is 0.352 e. The molecule has 0 unspecified atom stereocenters. The molecule has 8 heteroatoms. The lowest BCUT2D eigenvalue weighted by Gasteiger charge is -2.34. The van der Waals surface area contributed by atoms with Crippen molar-refractivity contribution in [2.45, 2.75) is 71.0 Å². The molecule has 7 nitrogen and oxygen atoms in total. The van der Waals surface area contributed by atoms with E-state index in [1.807, 2.05) is 95.3 Å². The Hall–Kier alpha value is -4.43. The van der Waals surface area contributed by atoms with E-state index >= 15 is 0 Å². The Morgan fingerprint density at radius 2 is 1.40 bits per heavy atom. The van der Waals surface area contributed by atoms with Gasteiger partial charge in [0.25, 0.3) is 10.0 Å². The summed E-state index contributed by atoms with van der Waals surface area (Å²) in [4.78, 5) is 30.1. The van der Waals surface area contributed by atoms with Crippen molar-refractivity contribution in [2.24, 2.45) is 0 Å². The second-order valence-corrected chi connectivity index (χ2v) is 13.5. The SMILES string of the molecule is CC[C@H](C)NC(=O)[C@@H](Cc1ccccc1)N(Cc1ccc(C)cc1)C(=O)CN(c1ccc(C)c(C)c1)S(=O)(=O)c1ccccc1. The van der Waals surface area contributed by atoms with Crippen LogP contribution in [0.5, 0.6) is 0 Å². The molecule has 4 aromatic rings. The lowest BCUT2D eigenvalue weighted by molar-refractivity contribution is -0.140. The Kier molecular flexibility index (Phi) is 11.2. The normalized spacial score (nSPS) is 12.6. The molecule has 0 aliphatic rings. The standard InChI is InChI=1S/C37H43N3O4S/c1-6-30(5)38-37(42)35(24-31-13-9-7-10-14-31)39(25-32-20-17-27(2)18-21-32)36(41)26-40(33-22-19-28(3)29(4)23-33)45(43,44)34-15-11-8-12-16-34/h7-23,30,35H,6,24-26H2,1-5H3,(H,38,42)/t30-,35+/m0/s1. The molecule has 0 aromatic heterocycles. The number of rotatable bonds is 13. The summed E-state index contributed by atoms with van der Waals surface area (Å²) in [6.45, 7) is 9.42. The van der Waals surface area contributed by atoms with Gasteiger partial charge < -0.3 is 10.2 Å². The number of nitrogens with zero attached hydrogens (tertiary/aromatic N) is 2. The van der Waals surface area contributed by atoms with Gasteiger partial charge in [0.1, 0.15) is 12.6 Å². The van der Waals surface area contributed by atoms with Gasteiger partial charge in [-0.25, -0.2) is 8.42 Å². The molecule has 4 rings (SSSR count). The maximum Gasteiger partial charge on any atom is 0.264 e. The van der Waals surface area contributed by atoms with Crippen LogP contribution in [0.25, 0.3) is 0 Å². The fourth-order valence-electron chi connectivity index (χ4n) is 5.01. The number of hydrogen-bond donors (Lipinski definition) is 1. The van der Waals surface area contributed by atoms with E-state index in [-0.39, 0.29) is 29.8 Å². The quantitative estimate of drug-likeness (QED) is 0.187. The summed E-state index contributed by atoms with van der Waals surface area (Å²) in [5.41, 5.74) is 5.10. The molecule has 0 saturated heterocycles. The van der Waals surface area contributed by atoms with Gasteiger partial charge in [-0.15, -0.1) is 0 Å². The van der Waals surface area contributed by atoms with E-state index < -0.39 is 28.5 Å². The van der Waals surface area contributed by atoms with Crippen molar-refractivity contribution in [3.05, 3.63) is 131 Å². The first-order chi connectivity index (χ1) is 21.5. The van der Waals surface area contributed by atoms with Gasteiger partial charge in [0.15, 0.2) is 0 Å². The van der Waals surface area contributed by atoms with Gasteiger partial charge in [0, 0.05) is 19.0 Å². The number of sulfonamides is 1. The highest BCUT2D eigenvalue weighted by molar-refractivity contribution is 7.92. The Balaban J connectivity index is 1.81. The number of nitrogens with one attached hydrogen (secondary N) is 1. The zero-order valence-electron chi connectivity index (χ0n) is 26.7. The number of hydrogen-bond acceptors (Lipinski definition) is 4. The highest BCUT2D eigenvalue weighted by atomic mass is 32.2. The van der Waals surface area contributed by atoms with E-state index in [0.717, 1.165) is 38.5 Å². The fourth-order valence-corrected chi connectivity index (χ4v) is 6.44. The van der Waals surface area contributed by atoms with Crippen LogP contribution in [-0.4, -0.2) is 43.8 Å². The molecule has 0 spiro atoms. The molecule has 0 radical (unpaired) electrons. The van der Waals surface area contributed by atoms with E-state index in [1.54, 1.807) is 30.3 Å². The molecule has 0 bridgehead atoms. The van der Waals surface area contributed by atoms with Crippen LogP contribution >= 0.6 is 0 Å². The smallest absolute Gasteiger partial charge is 0.264 e. The third-order valence-electron chi connectivity index (χ3n) is 8.13. The van der Waals surface area contributed by atoms with Crippen LogP contribution in [0.3, 0.4) is 0 Å². The first-order valence-corrected chi connectivity index (χ1v) is 16.8. The summed E-state index contributed by atoms with van der Waals surface area (Å²) in [7, 11) is -4.13. The minimum atomic E-state index is -4.13. The maximum atomic E-state index is 14.6. The lowest BCUT2D eigenvalue weighted by atomic mass is 10.0. The minimum absolute atomic E-state index is 0.0801. The van der Waals surface area contributed by atoms with Gasteiger partial charge in [-0.2, -0.15) is 0 Å². The number of carbonyl (C=O) groups is 2. The van der Waals surface area contributed by atoms with Crippen LogP contribution in [0, 0.1) is 20.8 Å². The summed E-state index contributed by atoms with van der Waals surface area (Å²) in [6, 6.07) is 29.9. The molecule has 2 amide bonds. The zero-order chi connectivity index (χ0) is 32.6. The van der Waals surface area contributed by atoms with Crippen LogP contribution in [0.1, 0.15) is 48.1 Å². The van der Waals surface area contributed by atoms with Gasteiger partial charge in [0.05, 0.1) is 10.6 Å². The highest BCUT2D eigenvalue weighted by Crippen LogP contribution is 2.27. The van der Waals surface area contributed by atoms with E-state index in [2.05, 4.69) is 5.32 Å². The predicted molar refractivity (Wildman–Crippen MR) is 180 cm³/mol. The first kappa shape index (κ1) is 33.5. The average Bonchev–Trinajstić information content (AvgIpc) is 3.04. The monoisotopic (exact) mass is 625 g/mol. The van der Waals surface area contributed by atoms with Crippen molar-refractivity contribution in [1.82, 2.24) is 10.2 Å². The number of aryl methyl sites for hydroxylation is 3. The first-order valence-electron chi connectivity index (χ1n) is 15.3. The van der Waals surface area contributed by atoms with Crippen LogP contribution in [-0.2, 0) is 32.6 Å². The number of amides is 2. The van der Waals surface area contributed by atoms with Crippen molar-refractivity contribution >= 4 is 27.5 Å². The molecule has 0 fully saturated rings. The summed E-state index contributed by atoms with van der Waals surface area (Å²) >= 11 is 0. The van der Waals surface area contributed by atoms with Crippen LogP contribution in [0.15, 0.2) is 108 Å². The Morgan fingerprint density at radius 1 is 0.778 bits per heavy atom. The molecule has 45 heavy (non-hydrogen) atoms. The van der Waals surface area contributed by atoms with Gasteiger partial charge in [-0.3, -0.25) is 13.9 Å². The minimum Gasteiger partial charge on any atom is -0.352 e. The summed E-state index contributed by atoms with van der Waals surface area (Å²) in [5.74, 6) is -0.758. The number of benzene rings is 4. The van der Waals surface area contributed by atoms with Crippen LogP contribution < -0.4 is 9.62 Å². The summed E-state index contributed by atoms with van der Waals surface area (Å²) in [6.07, 6.45) is 1.00. The van der Waals surface area contributed by atoms with E-state index in [0.29, 0.717) is 5.69 Å². The third-order valence-corrected chi connectivity index (χ3v) is 9.92. The highest BCUT2D eigenvalue weighted by Gasteiger charge is 2.35. The number of anilines is 1. The molecule has 0 aliphatic heterocycles. The molecule has 4 aromatic carbocycles. The molecule has 236 valence electrons. The summed E-state index contributed by atoms with van der Waals surface area (Å²) in [5, 5.41) is 3.07. The number of carbonyl (C=O) groups excluding carboxylic acids is 2. The van der Waals surface area contributed by atoms with Crippen molar-refractivity contribution in [3.8, 4) is 0 Å². The third kappa shape index (κ3) is 8.60. The van der Waals surface area contributed by atoms with Crippen molar-refractivity contribution in [2.75, 3.05) is 10.8 Å². The van der Waals surface area contributed by atoms with Gasteiger partial charge in [0.2, 0.25) is 11.8 Å². The van der Waals surface area contributed by atoms with Crippen LogP contribution in [0.2, 0.25) is 0 Å². The molecule has 1 N–H and O–H groups in total. The molecule has 0 saturated carbocycles. The molecular weight excluding hydrogens is 582 g/mol. The molecule has 0 heterocycles. The molecule has 0 aliphatic carbocycles.